The topological polar surface area (TPSA) is 39.1 Å². The number of hydrogen-bond acceptors (Lipinski definition) is 3. The molecule has 0 aliphatic carbocycles. The highest BCUT2D eigenvalue weighted by Gasteiger charge is 2.15. The van der Waals surface area contributed by atoms with Crippen molar-refractivity contribution in [3.05, 3.63) is 46.3 Å². The molecule has 0 unspecified atom stereocenters. The molecule has 0 spiro atoms. The SMILES string of the molecule is COc1ccc(CN[C@@H](C)c2c(C)nn(C)c2C)cc1C. The lowest BCUT2D eigenvalue weighted by Gasteiger charge is -2.15. The van der Waals surface area contributed by atoms with E-state index in [0.29, 0.717) is 0 Å². The molecule has 1 aromatic carbocycles. The van der Waals surface area contributed by atoms with Gasteiger partial charge in [0.15, 0.2) is 0 Å². The zero-order valence-electron chi connectivity index (χ0n) is 13.8. The van der Waals surface area contributed by atoms with E-state index in [9.17, 15) is 0 Å². The molecule has 0 amide bonds. The molecule has 4 nitrogen and oxygen atoms in total. The number of rotatable bonds is 5. The van der Waals surface area contributed by atoms with Crippen LogP contribution in [0.2, 0.25) is 0 Å². The summed E-state index contributed by atoms with van der Waals surface area (Å²) in [5, 5.41) is 8.06. The van der Waals surface area contributed by atoms with Crippen LogP contribution in [0.25, 0.3) is 0 Å². The van der Waals surface area contributed by atoms with Gasteiger partial charge in [0.1, 0.15) is 5.75 Å². The number of aryl methyl sites for hydroxylation is 3. The first-order valence-corrected chi connectivity index (χ1v) is 7.31. The van der Waals surface area contributed by atoms with Crippen LogP contribution >= 0.6 is 0 Å². The first kappa shape index (κ1) is 15.6. The number of ether oxygens (including phenoxy) is 1. The van der Waals surface area contributed by atoms with Crippen molar-refractivity contribution in [1.29, 1.82) is 0 Å². The molecule has 0 saturated carbocycles. The van der Waals surface area contributed by atoms with E-state index < -0.39 is 0 Å². The molecule has 114 valence electrons. The highest BCUT2D eigenvalue weighted by atomic mass is 16.5. The summed E-state index contributed by atoms with van der Waals surface area (Å²) in [5.41, 5.74) is 6.04. The van der Waals surface area contributed by atoms with Crippen LogP contribution in [0.15, 0.2) is 18.2 Å². The van der Waals surface area contributed by atoms with Crippen LogP contribution in [-0.2, 0) is 13.6 Å². The first-order chi connectivity index (χ1) is 9.93. The minimum Gasteiger partial charge on any atom is -0.496 e. The van der Waals surface area contributed by atoms with E-state index in [1.54, 1.807) is 7.11 Å². The number of benzene rings is 1. The Hall–Kier alpha value is -1.81. The minimum atomic E-state index is 0.279. The van der Waals surface area contributed by atoms with Crippen LogP contribution in [0.3, 0.4) is 0 Å². The molecular weight excluding hydrogens is 262 g/mol. The average molecular weight is 287 g/mol. The number of nitrogens with one attached hydrogen (secondary N) is 1. The van der Waals surface area contributed by atoms with E-state index in [4.69, 9.17) is 4.74 Å². The van der Waals surface area contributed by atoms with Crippen LogP contribution in [0, 0.1) is 20.8 Å². The molecule has 0 aliphatic rings. The van der Waals surface area contributed by atoms with Crippen molar-refractivity contribution < 1.29 is 4.74 Å². The molecule has 0 aliphatic heterocycles. The zero-order valence-corrected chi connectivity index (χ0v) is 13.8. The zero-order chi connectivity index (χ0) is 15.6. The molecule has 4 heteroatoms. The second-order valence-electron chi connectivity index (χ2n) is 5.61. The van der Waals surface area contributed by atoms with Crippen molar-refractivity contribution in [1.82, 2.24) is 15.1 Å². The summed E-state index contributed by atoms with van der Waals surface area (Å²) in [7, 11) is 3.70. The van der Waals surface area contributed by atoms with Gasteiger partial charge >= 0.3 is 0 Å². The van der Waals surface area contributed by atoms with Gasteiger partial charge in [-0.25, -0.2) is 0 Å². The van der Waals surface area contributed by atoms with Crippen LogP contribution in [0.5, 0.6) is 5.75 Å². The lowest BCUT2D eigenvalue weighted by atomic mass is 10.1. The largest absolute Gasteiger partial charge is 0.496 e. The summed E-state index contributed by atoms with van der Waals surface area (Å²) in [4.78, 5) is 0. The number of methoxy groups -OCH3 is 1. The predicted octanol–water partition coefficient (Wildman–Crippen LogP) is 3.20. The summed E-state index contributed by atoms with van der Waals surface area (Å²) in [5.74, 6) is 0.936. The average Bonchev–Trinajstić information content (AvgIpc) is 2.70. The molecule has 2 rings (SSSR count). The fourth-order valence-electron chi connectivity index (χ4n) is 2.84. The van der Waals surface area contributed by atoms with Crippen LogP contribution in [0.1, 0.15) is 41.0 Å². The van der Waals surface area contributed by atoms with Crippen molar-refractivity contribution in [2.45, 2.75) is 40.3 Å². The fraction of sp³-hybridized carbons (Fsp3) is 0.471. The normalized spacial score (nSPS) is 12.5. The molecule has 0 radical (unpaired) electrons. The van der Waals surface area contributed by atoms with Crippen LogP contribution < -0.4 is 10.1 Å². The van der Waals surface area contributed by atoms with E-state index in [-0.39, 0.29) is 6.04 Å². The van der Waals surface area contributed by atoms with Gasteiger partial charge in [-0.1, -0.05) is 12.1 Å². The van der Waals surface area contributed by atoms with Gasteiger partial charge < -0.3 is 10.1 Å². The molecule has 0 fully saturated rings. The van der Waals surface area contributed by atoms with Crippen molar-refractivity contribution in [2.75, 3.05) is 7.11 Å². The Morgan fingerprint density at radius 3 is 2.52 bits per heavy atom. The van der Waals surface area contributed by atoms with E-state index in [1.165, 1.54) is 16.8 Å². The highest BCUT2D eigenvalue weighted by Crippen LogP contribution is 2.22. The Morgan fingerprint density at radius 2 is 2.00 bits per heavy atom. The van der Waals surface area contributed by atoms with Crippen LogP contribution in [-0.4, -0.2) is 16.9 Å². The maximum absolute atomic E-state index is 5.30. The highest BCUT2D eigenvalue weighted by molar-refractivity contribution is 5.36. The third kappa shape index (κ3) is 3.27. The van der Waals surface area contributed by atoms with E-state index in [0.717, 1.165) is 23.6 Å². The molecule has 1 N–H and O–H groups in total. The molecule has 1 heterocycles. The molecule has 1 aromatic heterocycles. The molecular formula is C17H25N3O. The fourth-order valence-corrected chi connectivity index (χ4v) is 2.84. The van der Waals surface area contributed by atoms with Gasteiger partial charge in [0.05, 0.1) is 12.8 Å². The molecule has 1 atom stereocenters. The lowest BCUT2D eigenvalue weighted by molar-refractivity contribution is 0.411. The number of hydrogen-bond donors (Lipinski definition) is 1. The second-order valence-corrected chi connectivity index (χ2v) is 5.61. The maximum Gasteiger partial charge on any atom is 0.121 e. The molecule has 0 bridgehead atoms. The molecule has 0 saturated heterocycles. The third-order valence-electron chi connectivity index (χ3n) is 4.07. The summed E-state index contributed by atoms with van der Waals surface area (Å²) >= 11 is 0. The Bertz CT molecular complexity index is 631. The van der Waals surface area contributed by atoms with Gasteiger partial charge in [-0.15, -0.1) is 0 Å². The summed E-state index contributed by atoms with van der Waals surface area (Å²) < 4.78 is 7.24. The monoisotopic (exact) mass is 287 g/mol. The van der Waals surface area contributed by atoms with Gasteiger partial charge in [0.2, 0.25) is 0 Å². The van der Waals surface area contributed by atoms with Gasteiger partial charge in [0, 0.05) is 30.9 Å². The summed E-state index contributed by atoms with van der Waals surface area (Å²) in [6, 6.07) is 6.58. The van der Waals surface area contributed by atoms with Crippen molar-refractivity contribution in [2.24, 2.45) is 7.05 Å². The predicted molar refractivity (Wildman–Crippen MR) is 85.7 cm³/mol. The maximum atomic E-state index is 5.30. The van der Waals surface area contributed by atoms with Crippen molar-refractivity contribution in [3.8, 4) is 5.75 Å². The molecule has 2 aromatic rings. The Morgan fingerprint density at radius 1 is 1.29 bits per heavy atom. The lowest BCUT2D eigenvalue weighted by Crippen LogP contribution is -2.19. The Labute approximate surface area is 127 Å². The van der Waals surface area contributed by atoms with Crippen molar-refractivity contribution >= 4 is 0 Å². The van der Waals surface area contributed by atoms with E-state index >= 15 is 0 Å². The van der Waals surface area contributed by atoms with E-state index in [1.807, 2.05) is 17.8 Å². The van der Waals surface area contributed by atoms with E-state index in [2.05, 4.69) is 50.2 Å². The van der Waals surface area contributed by atoms with Gasteiger partial charge in [-0.05, 0) is 44.9 Å². The third-order valence-corrected chi connectivity index (χ3v) is 4.07. The molecule has 21 heavy (non-hydrogen) atoms. The standard InChI is InChI=1S/C17H25N3O/c1-11-9-15(7-8-16(11)21-6)10-18-12(2)17-13(3)19-20(5)14(17)4/h7-9,12,18H,10H2,1-6H3/t12-/m0/s1. The summed E-state index contributed by atoms with van der Waals surface area (Å²) in [6.45, 7) is 9.28. The number of aromatic nitrogens is 2. The quantitative estimate of drug-likeness (QED) is 0.918. The van der Waals surface area contributed by atoms with Gasteiger partial charge in [0.25, 0.3) is 0 Å². The smallest absolute Gasteiger partial charge is 0.121 e. The second kappa shape index (κ2) is 6.31. The van der Waals surface area contributed by atoms with Crippen LogP contribution in [0.4, 0.5) is 0 Å². The minimum absolute atomic E-state index is 0.279. The summed E-state index contributed by atoms with van der Waals surface area (Å²) in [6.07, 6.45) is 0. The van der Waals surface area contributed by atoms with Gasteiger partial charge in [-0.3, -0.25) is 4.68 Å². The Balaban J connectivity index is 2.07. The van der Waals surface area contributed by atoms with Crippen molar-refractivity contribution in [3.63, 3.8) is 0 Å². The van der Waals surface area contributed by atoms with Gasteiger partial charge in [-0.2, -0.15) is 5.10 Å². The first-order valence-electron chi connectivity index (χ1n) is 7.31. The number of nitrogens with zero attached hydrogens (tertiary/aromatic N) is 2. The Kier molecular flexibility index (Phi) is 4.68.